The summed E-state index contributed by atoms with van der Waals surface area (Å²) in [4.78, 5) is 0. The first-order valence-electron chi connectivity index (χ1n) is 6.57. The fraction of sp³-hybridized carbons (Fsp3) is 0.769. The van der Waals surface area contributed by atoms with Gasteiger partial charge in [0.15, 0.2) is 0 Å². The largest absolute Gasteiger partial charge is 0.309 e. The molecule has 0 aliphatic carbocycles. The van der Waals surface area contributed by atoms with Crippen LogP contribution in [0.25, 0.3) is 0 Å². The molecule has 0 saturated carbocycles. The van der Waals surface area contributed by atoms with Gasteiger partial charge in [-0.2, -0.15) is 16.9 Å². The van der Waals surface area contributed by atoms with E-state index in [1.165, 1.54) is 24.3 Å². The van der Waals surface area contributed by atoms with E-state index in [9.17, 15) is 0 Å². The summed E-state index contributed by atoms with van der Waals surface area (Å²) in [5.74, 6) is 1.19. The molecular formula is C13H25N3S. The van der Waals surface area contributed by atoms with Gasteiger partial charge in [-0.05, 0) is 43.9 Å². The fourth-order valence-electron chi connectivity index (χ4n) is 1.95. The number of nitrogens with zero attached hydrogens (tertiary/aromatic N) is 2. The van der Waals surface area contributed by atoms with Gasteiger partial charge in [-0.3, -0.25) is 4.68 Å². The van der Waals surface area contributed by atoms with Gasteiger partial charge in [0.05, 0.1) is 5.69 Å². The maximum Gasteiger partial charge on any atom is 0.0553 e. The van der Waals surface area contributed by atoms with Crippen molar-refractivity contribution < 1.29 is 0 Å². The van der Waals surface area contributed by atoms with Crippen LogP contribution in [0.1, 0.15) is 44.8 Å². The van der Waals surface area contributed by atoms with Crippen molar-refractivity contribution in [3.8, 4) is 0 Å². The molecule has 0 aliphatic rings. The number of hydrogen-bond donors (Lipinski definition) is 1. The van der Waals surface area contributed by atoms with Crippen LogP contribution in [0.3, 0.4) is 0 Å². The summed E-state index contributed by atoms with van der Waals surface area (Å²) in [6, 6.07) is 2.61. The number of hydrogen-bond acceptors (Lipinski definition) is 3. The second kappa shape index (κ2) is 8.59. The van der Waals surface area contributed by atoms with Crippen molar-refractivity contribution >= 4 is 11.8 Å². The number of nitrogens with one attached hydrogen (secondary N) is 1. The Balaban J connectivity index is 2.68. The van der Waals surface area contributed by atoms with Gasteiger partial charge in [0.2, 0.25) is 0 Å². The Morgan fingerprint density at radius 3 is 2.88 bits per heavy atom. The van der Waals surface area contributed by atoms with Crippen molar-refractivity contribution in [1.29, 1.82) is 0 Å². The van der Waals surface area contributed by atoms with Crippen molar-refractivity contribution in [3.63, 3.8) is 0 Å². The molecule has 0 bridgehead atoms. The smallest absolute Gasteiger partial charge is 0.0553 e. The highest BCUT2D eigenvalue weighted by atomic mass is 32.2. The molecule has 4 heteroatoms. The van der Waals surface area contributed by atoms with E-state index in [2.05, 4.69) is 41.3 Å². The minimum absolute atomic E-state index is 0.455. The first-order chi connectivity index (χ1) is 8.33. The van der Waals surface area contributed by atoms with Crippen molar-refractivity contribution in [2.45, 2.75) is 45.7 Å². The number of rotatable bonds is 9. The lowest BCUT2D eigenvalue weighted by molar-refractivity contribution is 0.463. The summed E-state index contributed by atoms with van der Waals surface area (Å²) < 4.78 is 2.15. The average Bonchev–Trinajstić information content (AvgIpc) is 2.78. The zero-order valence-corrected chi connectivity index (χ0v) is 12.1. The zero-order chi connectivity index (χ0) is 12.5. The second-order valence-electron chi connectivity index (χ2n) is 4.27. The number of aryl methyl sites for hydroxylation is 1. The molecule has 1 aromatic heterocycles. The minimum Gasteiger partial charge on any atom is -0.309 e. The Bertz CT molecular complexity index is 291. The molecule has 0 fully saturated rings. The highest BCUT2D eigenvalue weighted by Crippen LogP contribution is 2.18. The molecule has 1 unspecified atom stereocenters. The van der Waals surface area contributed by atoms with Gasteiger partial charge >= 0.3 is 0 Å². The highest BCUT2D eigenvalue weighted by Gasteiger charge is 2.14. The molecule has 0 spiro atoms. The number of aromatic nitrogens is 2. The molecule has 1 heterocycles. The van der Waals surface area contributed by atoms with Crippen molar-refractivity contribution in [2.24, 2.45) is 0 Å². The molecule has 1 atom stereocenters. The lowest BCUT2D eigenvalue weighted by Crippen LogP contribution is -2.25. The van der Waals surface area contributed by atoms with Crippen LogP contribution < -0.4 is 5.32 Å². The molecular weight excluding hydrogens is 230 g/mol. The molecule has 0 aromatic carbocycles. The lowest BCUT2D eigenvalue weighted by atomic mass is 10.1. The summed E-state index contributed by atoms with van der Waals surface area (Å²) in [7, 11) is 0. The van der Waals surface area contributed by atoms with Crippen LogP contribution in [-0.2, 0) is 6.54 Å². The van der Waals surface area contributed by atoms with Crippen LogP contribution in [0, 0.1) is 0 Å². The van der Waals surface area contributed by atoms with E-state index in [1.54, 1.807) is 0 Å². The number of thioether (sulfide) groups is 1. The summed E-state index contributed by atoms with van der Waals surface area (Å²) in [6.45, 7) is 6.51. The Kier molecular flexibility index (Phi) is 7.37. The summed E-state index contributed by atoms with van der Waals surface area (Å²) >= 11 is 1.91. The summed E-state index contributed by atoms with van der Waals surface area (Å²) in [5.41, 5.74) is 1.34. The average molecular weight is 255 g/mol. The van der Waals surface area contributed by atoms with E-state index >= 15 is 0 Å². The third-order valence-corrected chi connectivity index (χ3v) is 3.44. The molecule has 1 N–H and O–H groups in total. The van der Waals surface area contributed by atoms with Crippen LogP contribution in [0.5, 0.6) is 0 Å². The standard InChI is InChI=1S/C13H25N3S/c1-4-8-14-12(7-11-17-3)13-6-9-15-16(13)10-5-2/h6,9,12,14H,4-5,7-8,10-11H2,1-3H3. The van der Waals surface area contributed by atoms with E-state index in [0.29, 0.717) is 6.04 Å². The molecule has 98 valence electrons. The third-order valence-electron chi connectivity index (χ3n) is 2.79. The quantitative estimate of drug-likeness (QED) is 0.735. The van der Waals surface area contributed by atoms with Crippen LogP contribution in [0.2, 0.25) is 0 Å². The normalized spacial score (nSPS) is 12.9. The second-order valence-corrected chi connectivity index (χ2v) is 5.25. The van der Waals surface area contributed by atoms with Crippen LogP contribution in [0.4, 0.5) is 0 Å². The van der Waals surface area contributed by atoms with E-state index in [-0.39, 0.29) is 0 Å². The Morgan fingerprint density at radius 2 is 2.24 bits per heavy atom. The molecule has 1 rings (SSSR count). The van der Waals surface area contributed by atoms with Gasteiger partial charge in [-0.25, -0.2) is 0 Å². The SMILES string of the molecule is CCCNC(CCSC)c1ccnn1CCC. The maximum absolute atomic E-state index is 4.41. The zero-order valence-electron chi connectivity index (χ0n) is 11.3. The predicted octanol–water partition coefficient (Wildman–Crippen LogP) is 3.09. The minimum atomic E-state index is 0.455. The molecule has 0 amide bonds. The van der Waals surface area contributed by atoms with Gasteiger partial charge < -0.3 is 5.32 Å². The third kappa shape index (κ3) is 4.72. The molecule has 0 saturated heterocycles. The van der Waals surface area contributed by atoms with E-state index in [4.69, 9.17) is 0 Å². The van der Waals surface area contributed by atoms with Crippen molar-refractivity contribution in [1.82, 2.24) is 15.1 Å². The van der Waals surface area contributed by atoms with Crippen LogP contribution >= 0.6 is 11.8 Å². The molecule has 17 heavy (non-hydrogen) atoms. The van der Waals surface area contributed by atoms with Crippen LogP contribution in [-0.4, -0.2) is 28.3 Å². The topological polar surface area (TPSA) is 29.9 Å². The van der Waals surface area contributed by atoms with E-state index < -0.39 is 0 Å². The summed E-state index contributed by atoms with van der Waals surface area (Å²) in [6.07, 6.45) is 7.58. The van der Waals surface area contributed by atoms with Gasteiger partial charge in [-0.1, -0.05) is 13.8 Å². The molecule has 0 radical (unpaired) electrons. The Hall–Kier alpha value is -0.480. The van der Waals surface area contributed by atoms with Gasteiger partial charge in [0, 0.05) is 18.8 Å². The molecule has 1 aromatic rings. The lowest BCUT2D eigenvalue weighted by Gasteiger charge is -2.19. The van der Waals surface area contributed by atoms with Crippen LogP contribution in [0.15, 0.2) is 12.3 Å². The maximum atomic E-state index is 4.41. The highest BCUT2D eigenvalue weighted by molar-refractivity contribution is 7.98. The first-order valence-corrected chi connectivity index (χ1v) is 7.96. The predicted molar refractivity (Wildman–Crippen MR) is 76.6 cm³/mol. The molecule has 3 nitrogen and oxygen atoms in total. The summed E-state index contributed by atoms with van der Waals surface area (Å²) in [5, 5.41) is 8.04. The van der Waals surface area contributed by atoms with Crippen molar-refractivity contribution in [2.75, 3.05) is 18.6 Å². The van der Waals surface area contributed by atoms with E-state index in [1.807, 2.05) is 18.0 Å². The molecule has 0 aliphatic heterocycles. The fourth-order valence-corrected chi connectivity index (χ4v) is 2.42. The van der Waals surface area contributed by atoms with Crippen molar-refractivity contribution in [3.05, 3.63) is 18.0 Å². The monoisotopic (exact) mass is 255 g/mol. The Labute approximate surface area is 109 Å². The van der Waals surface area contributed by atoms with Gasteiger partial charge in [0.25, 0.3) is 0 Å². The van der Waals surface area contributed by atoms with Gasteiger partial charge in [-0.15, -0.1) is 0 Å². The Morgan fingerprint density at radius 1 is 1.41 bits per heavy atom. The first kappa shape index (κ1) is 14.6. The van der Waals surface area contributed by atoms with E-state index in [0.717, 1.165) is 19.5 Å². The van der Waals surface area contributed by atoms with Gasteiger partial charge in [0.1, 0.15) is 0 Å².